The first-order valence-electron chi connectivity index (χ1n) is 8.94. The van der Waals surface area contributed by atoms with Gasteiger partial charge in [-0.05, 0) is 18.9 Å². The van der Waals surface area contributed by atoms with E-state index in [9.17, 15) is 9.59 Å². The van der Waals surface area contributed by atoms with E-state index in [1.807, 2.05) is 4.90 Å². The van der Waals surface area contributed by atoms with Gasteiger partial charge in [-0.25, -0.2) is 0 Å². The van der Waals surface area contributed by atoms with Crippen LogP contribution in [0.25, 0.3) is 0 Å². The molecule has 0 unspecified atom stereocenters. The van der Waals surface area contributed by atoms with Crippen LogP contribution in [0.2, 0.25) is 0 Å². The Hall–Kier alpha value is -1.82. The number of nitrogens with zero attached hydrogens (tertiary/aromatic N) is 2. The molecule has 6 heteroatoms. The van der Waals surface area contributed by atoms with Crippen LogP contribution in [0.4, 0.5) is 0 Å². The molecular formula is C18H30N3O3+. The minimum atomic E-state index is -0.0644. The predicted molar refractivity (Wildman–Crippen MR) is 91.9 cm³/mol. The van der Waals surface area contributed by atoms with Crippen LogP contribution < -0.4 is 4.90 Å². The van der Waals surface area contributed by atoms with Gasteiger partial charge in [-0.15, -0.1) is 0 Å². The van der Waals surface area contributed by atoms with Crippen molar-refractivity contribution in [2.24, 2.45) is 5.92 Å². The lowest BCUT2D eigenvalue weighted by atomic mass is 10.1. The third-order valence-corrected chi connectivity index (χ3v) is 4.56. The van der Waals surface area contributed by atoms with Crippen molar-refractivity contribution in [3.8, 4) is 0 Å². The molecule has 0 spiro atoms. The normalized spacial score (nSPS) is 15.8. The van der Waals surface area contributed by atoms with E-state index in [2.05, 4.69) is 20.8 Å². The second-order valence-corrected chi connectivity index (χ2v) is 6.89. The lowest BCUT2D eigenvalue weighted by molar-refractivity contribution is -0.902. The maximum atomic E-state index is 12.5. The smallest absolute Gasteiger partial charge is 0.257 e. The number of piperazine rings is 1. The number of carbonyl (C=O) groups excluding carboxylic acids is 2. The average molecular weight is 336 g/mol. The number of hydrogen-bond acceptors (Lipinski definition) is 3. The summed E-state index contributed by atoms with van der Waals surface area (Å²) in [6.07, 6.45) is 3.35. The molecule has 0 radical (unpaired) electrons. The lowest BCUT2D eigenvalue weighted by Crippen LogP contribution is -3.14. The topological polar surface area (TPSA) is 58.2 Å². The van der Waals surface area contributed by atoms with E-state index in [1.54, 1.807) is 15.9 Å². The SMILES string of the molecule is CC[NH+]1CCN(C(=O)CCN(CC(C)C)C(=O)c2ccoc2)CC1. The molecule has 2 rings (SSSR count). The van der Waals surface area contributed by atoms with E-state index in [4.69, 9.17) is 4.42 Å². The van der Waals surface area contributed by atoms with Gasteiger partial charge in [-0.2, -0.15) is 0 Å². The summed E-state index contributed by atoms with van der Waals surface area (Å²) < 4.78 is 5.01. The third-order valence-electron chi connectivity index (χ3n) is 4.56. The van der Waals surface area contributed by atoms with E-state index in [0.29, 0.717) is 31.0 Å². The first-order chi connectivity index (χ1) is 11.5. The Morgan fingerprint density at radius 3 is 2.58 bits per heavy atom. The Kier molecular flexibility index (Phi) is 6.85. The summed E-state index contributed by atoms with van der Waals surface area (Å²) in [5, 5.41) is 0. The van der Waals surface area contributed by atoms with Crippen LogP contribution >= 0.6 is 0 Å². The molecule has 0 aliphatic carbocycles. The highest BCUT2D eigenvalue weighted by atomic mass is 16.3. The molecule has 1 aliphatic rings. The van der Waals surface area contributed by atoms with Crippen LogP contribution in [0.5, 0.6) is 0 Å². The predicted octanol–water partition coefficient (Wildman–Crippen LogP) is 0.515. The molecule has 0 atom stereocenters. The fourth-order valence-electron chi connectivity index (χ4n) is 3.10. The Morgan fingerprint density at radius 2 is 2.04 bits per heavy atom. The van der Waals surface area contributed by atoms with Gasteiger partial charge < -0.3 is 19.1 Å². The highest BCUT2D eigenvalue weighted by molar-refractivity contribution is 5.94. The summed E-state index contributed by atoms with van der Waals surface area (Å²) in [6, 6.07) is 1.67. The summed E-state index contributed by atoms with van der Waals surface area (Å²) in [6.45, 7) is 12.2. The number of likely N-dealkylation sites (N-methyl/N-ethyl adjacent to an activating group) is 1. The van der Waals surface area contributed by atoms with Gasteiger partial charge in [0.15, 0.2) is 0 Å². The quantitative estimate of drug-likeness (QED) is 0.790. The zero-order valence-corrected chi connectivity index (χ0v) is 15.1. The van der Waals surface area contributed by atoms with Crippen molar-refractivity contribution < 1.29 is 18.9 Å². The Bertz CT molecular complexity index is 520. The van der Waals surface area contributed by atoms with Gasteiger partial charge in [0.25, 0.3) is 5.91 Å². The van der Waals surface area contributed by atoms with Crippen molar-refractivity contribution in [1.82, 2.24) is 9.80 Å². The van der Waals surface area contributed by atoms with Crippen molar-refractivity contribution in [2.75, 3.05) is 45.8 Å². The number of carbonyl (C=O) groups is 2. The molecule has 1 fully saturated rings. The molecule has 0 saturated carbocycles. The van der Waals surface area contributed by atoms with Gasteiger partial charge in [0, 0.05) is 19.5 Å². The Morgan fingerprint density at radius 1 is 1.33 bits per heavy atom. The Labute approximate surface area is 144 Å². The zero-order chi connectivity index (χ0) is 17.5. The van der Waals surface area contributed by atoms with Crippen LogP contribution in [-0.2, 0) is 4.79 Å². The Balaban J connectivity index is 1.88. The minimum Gasteiger partial charge on any atom is -0.472 e. The molecule has 1 aliphatic heterocycles. The molecule has 1 aromatic heterocycles. The summed E-state index contributed by atoms with van der Waals surface area (Å²) in [5.41, 5.74) is 0.545. The monoisotopic (exact) mass is 336 g/mol. The van der Waals surface area contributed by atoms with Gasteiger partial charge in [-0.3, -0.25) is 9.59 Å². The van der Waals surface area contributed by atoms with Crippen molar-refractivity contribution >= 4 is 11.8 Å². The average Bonchev–Trinajstić information content (AvgIpc) is 3.12. The maximum Gasteiger partial charge on any atom is 0.257 e. The van der Waals surface area contributed by atoms with E-state index in [-0.39, 0.29) is 11.8 Å². The second-order valence-electron chi connectivity index (χ2n) is 6.89. The first-order valence-corrected chi connectivity index (χ1v) is 8.94. The molecule has 1 N–H and O–H groups in total. The third kappa shape index (κ3) is 5.09. The van der Waals surface area contributed by atoms with Gasteiger partial charge in [0.1, 0.15) is 6.26 Å². The van der Waals surface area contributed by atoms with Gasteiger partial charge in [0.2, 0.25) is 5.91 Å². The second kappa shape index (κ2) is 8.87. The fourth-order valence-corrected chi connectivity index (χ4v) is 3.10. The standard InChI is InChI=1S/C18H29N3O3/c1-4-19-8-10-20(11-9-19)17(22)5-7-21(13-15(2)3)18(23)16-6-12-24-14-16/h6,12,14-15H,4-5,7-11,13H2,1-3H3/p+1. The number of nitrogens with one attached hydrogen (secondary N) is 1. The highest BCUT2D eigenvalue weighted by Gasteiger charge is 2.24. The molecule has 134 valence electrons. The van der Waals surface area contributed by atoms with E-state index in [0.717, 1.165) is 32.7 Å². The minimum absolute atomic E-state index is 0.0644. The van der Waals surface area contributed by atoms with Crippen LogP contribution in [0.15, 0.2) is 23.0 Å². The molecule has 6 nitrogen and oxygen atoms in total. The fraction of sp³-hybridized carbons (Fsp3) is 0.667. The van der Waals surface area contributed by atoms with Crippen molar-refractivity contribution in [3.05, 3.63) is 24.2 Å². The van der Waals surface area contributed by atoms with Crippen molar-refractivity contribution in [1.29, 1.82) is 0 Å². The zero-order valence-electron chi connectivity index (χ0n) is 15.1. The summed E-state index contributed by atoms with van der Waals surface area (Å²) in [7, 11) is 0. The van der Waals surface area contributed by atoms with E-state index >= 15 is 0 Å². The molecule has 1 aromatic rings. The lowest BCUT2D eigenvalue weighted by Gasteiger charge is -2.32. The highest BCUT2D eigenvalue weighted by Crippen LogP contribution is 2.10. The van der Waals surface area contributed by atoms with Crippen molar-refractivity contribution in [3.63, 3.8) is 0 Å². The van der Waals surface area contributed by atoms with Crippen LogP contribution in [0, 0.1) is 5.92 Å². The molecule has 1 saturated heterocycles. The number of furan rings is 1. The van der Waals surface area contributed by atoms with Crippen LogP contribution in [-0.4, -0.2) is 67.4 Å². The molecule has 2 amide bonds. The molecule has 2 heterocycles. The number of amides is 2. The molecule has 0 aromatic carbocycles. The van der Waals surface area contributed by atoms with Gasteiger partial charge in [0.05, 0.1) is 44.6 Å². The number of rotatable bonds is 7. The molecule has 24 heavy (non-hydrogen) atoms. The van der Waals surface area contributed by atoms with E-state index < -0.39 is 0 Å². The van der Waals surface area contributed by atoms with Crippen molar-refractivity contribution in [2.45, 2.75) is 27.2 Å². The maximum absolute atomic E-state index is 12.5. The first kappa shape index (κ1) is 18.5. The summed E-state index contributed by atoms with van der Waals surface area (Å²) in [4.78, 5) is 30.3. The largest absolute Gasteiger partial charge is 0.472 e. The number of hydrogen-bond donors (Lipinski definition) is 1. The molecular weight excluding hydrogens is 306 g/mol. The number of quaternary nitrogens is 1. The van der Waals surface area contributed by atoms with E-state index in [1.165, 1.54) is 12.5 Å². The van der Waals surface area contributed by atoms with Crippen LogP contribution in [0.3, 0.4) is 0 Å². The summed E-state index contributed by atoms with van der Waals surface area (Å²) in [5.74, 6) is 0.442. The van der Waals surface area contributed by atoms with Crippen LogP contribution in [0.1, 0.15) is 37.6 Å². The summed E-state index contributed by atoms with van der Waals surface area (Å²) >= 11 is 0. The molecule has 0 bridgehead atoms. The van der Waals surface area contributed by atoms with Gasteiger partial charge in [-0.1, -0.05) is 13.8 Å². The van der Waals surface area contributed by atoms with Gasteiger partial charge >= 0.3 is 0 Å².